The molecule has 1 aliphatic rings. The predicted molar refractivity (Wildman–Crippen MR) is 61.3 cm³/mol. The second-order valence-electron chi connectivity index (χ2n) is 4.14. The monoisotopic (exact) mass is 248 g/mol. The topological polar surface area (TPSA) is 80.7 Å². The number of carbonyl (C=O) groups excluding carboxylic acids is 3. The first-order chi connectivity index (χ1) is 8.50. The fourth-order valence-corrected chi connectivity index (χ4v) is 1.82. The van der Waals surface area contributed by atoms with Crippen molar-refractivity contribution in [3.63, 3.8) is 0 Å². The minimum absolute atomic E-state index is 0.172. The van der Waals surface area contributed by atoms with Gasteiger partial charge >= 0.3 is 5.97 Å². The summed E-state index contributed by atoms with van der Waals surface area (Å²) in [6.45, 7) is 1.24. The molecule has 1 aliphatic carbocycles. The Bertz CT molecular complexity index is 518. The van der Waals surface area contributed by atoms with Crippen LogP contribution in [0.2, 0.25) is 0 Å². The summed E-state index contributed by atoms with van der Waals surface area (Å²) in [5, 5.41) is 9.03. The highest BCUT2D eigenvalue weighted by atomic mass is 16.6. The molecule has 0 amide bonds. The van der Waals surface area contributed by atoms with Gasteiger partial charge in [-0.05, 0) is 6.92 Å². The lowest BCUT2D eigenvalue weighted by molar-refractivity contribution is -0.155. The highest BCUT2D eigenvalue weighted by Gasteiger charge is 2.35. The van der Waals surface area contributed by atoms with E-state index in [0.29, 0.717) is 5.56 Å². The molecule has 1 aromatic carbocycles. The molecule has 0 aliphatic heterocycles. The van der Waals surface area contributed by atoms with Gasteiger partial charge < -0.3 is 9.84 Å². The molecule has 2 rings (SSSR count). The minimum atomic E-state index is -1.31. The zero-order valence-corrected chi connectivity index (χ0v) is 9.75. The number of hydrogen-bond donors (Lipinski definition) is 1. The van der Waals surface area contributed by atoms with E-state index >= 15 is 0 Å². The van der Waals surface area contributed by atoms with E-state index < -0.39 is 24.0 Å². The molecule has 5 nitrogen and oxygen atoms in total. The lowest BCUT2D eigenvalue weighted by Crippen LogP contribution is -2.37. The molecule has 0 saturated carbocycles. The number of ether oxygens (including phenoxy) is 1. The summed E-state index contributed by atoms with van der Waals surface area (Å²) >= 11 is 0. The van der Waals surface area contributed by atoms with Gasteiger partial charge in [-0.15, -0.1) is 0 Å². The molecular formula is C13H12O5. The van der Waals surface area contributed by atoms with E-state index in [2.05, 4.69) is 0 Å². The van der Waals surface area contributed by atoms with E-state index in [4.69, 9.17) is 9.84 Å². The maximum Gasteiger partial charge on any atom is 0.335 e. The average Bonchev–Trinajstić information content (AvgIpc) is 2.35. The Morgan fingerprint density at radius 3 is 2.56 bits per heavy atom. The molecule has 18 heavy (non-hydrogen) atoms. The maximum absolute atomic E-state index is 12.0. The SMILES string of the molecule is CC(O)C(=O)OC1CC(=O)c2ccccc2C1=O. The summed E-state index contributed by atoms with van der Waals surface area (Å²) in [5.74, 6) is -1.55. The summed E-state index contributed by atoms with van der Waals surface area (Å²) in [5.41, 5.74) is 0.615. The van der Waals surface area contributed by atoms with Gasteiger partial charge in [0.25, 0.3) is 0 Å². The van der Waals surface area contributed by atoms with Crippen molar-refractivity contribution in [2.75, 3.05) is 0 Å². The Morgan fingerprint density at radius 2 is 1.94 bits per heavy atom. The van der Waals surface area contributed by atoms with Crippen molar-refractivity contribution in [3.8, 4) is 0 Å². The summed E-state index contributed by atoms with van der Waals surface area (Å²) in [4.78, 5) is 35.0. The predicted octanol–water partition coefficient (Wildman–Crippen LogP) is 0.748. The number of Topliss-reactive ketones (excluding diaryl/α,β-unsaturated/α-hetero) is 2. The number of esters is 1. The molecule has 0 aromatic heterocycles. The average molecular weight is 248 g/mol. The normalized spacial score (nSPS) is 20.2. The van der Waals surface area contributed by atoms with Crippen molar-refractivity contribution in [2.24, 2.45) is 0 Å². The number of hydrogen-bond acceptors (Lipinski definition) is 5. The lowest BCUT2D eigenvalue weighted by atomic mass is 9.87. The largest absolute Gasteiger partial charge is 0.452 e. The van der Waals surface area contributed by atoms with Gasteiger partial charge in [0.2, 0.25) is 5.78 Å². The number of aliphatic hydroxyl groups is 1. The van der Waals surface area contributed by atoms with Gasteiger partial charge in [0.15, 0.2) is 11.9 Å². The molecule has 94 valence electrons. The van der Waals surface area contributed by atoms with Crippen LogP contribution in [0.15, 0.2) is 24.3 Å². The van der Waals surface area contributed by atoms with Crippen LogP contribution in [0, 0.1) is 0 Å². The molecule has 0 bridgehead atoms. The maximum atomic E-state index is 12.0. The molecule has 1 aromatic rings. The molecular weight excluding hydrogens is 236 g/mol. The van der Waals surface area contributed by atoms with Gasteiger partial charge in [-0.2, -0.15) is 0 Å². The molecule has 2 unspecified atom stereocenters. The standard InChI is InChI=1S/C13H12O5/c1-7(14)13(17)18-11-6-10(15)8-4-2-3-5-9(8)12(11)16/h2-5,7,11,14H,6H2,1H3. The van der Waals surface area contributed by atoms with Crippen LogP contribution in [0.3, 0.4) is 0 Å². The van der Waals surface area contributed by atoms with Gasteiger partial charge in [-0.1, -0.05) is 24.3 Å². The quantitative estimate of drug-likeness (QED) is 0.781. The second-order valence-corrected chi connectivity index (χ2v) is 4.14. The Kier molecular flexibility index (Phi) is 3.25. The molecule has 0 spiro atoms. The first-order valence-electron chi connectivity index (χ1n) is 5.55. The van der Waals surface area contributed by atoms with Crippen molar-refractivity contribution in [1.29, 1.82) is 0 Å². The van der Waals surface area contributed by atoms with Crippen molar-refractivity contribution >= 4 is 17.5 Å². The molecule has 2 atom stereocenters. The first-order valence-corrected chi connectivity index (χ1v) is 5.55. The Labute approximate surface area is 103 Å². The third-order valence-corrected chi connectivity index (χ3v) is 2.76. The minimum Gasteiger partial charge on any atom is -0.452 e. The van der Waals surface area contributed by atoms with Crippen LogP contribution in [0.5, 0.6) is 0 Å². The van der Waals surface area contributed by atoms with Crippen LogP contribution in [0.4, 0.5) is 0 Å². The number of rotatable bonds is 2. The third-order valence-electron chi connectivity index (χ3n) is 2.76. The number of ketones is 2. The van der Waals surface area contributed by atoms with Crippen LogP contribution >= 0.6 is 0 Å². The molecule has 0 saturated heterocycles. The zero-order valence-electron chi connectivity index (χ0n) is 9.75. The fraction of sp³-hybridized carbons (Fsp3) is 0.308. The van der Waals surface area contributed by atoms with Crippen LogP contribution in [-0.4, -0.2) is 34.9 Å². The van der Waals surface area contributed by atoms with E-state index in [-0.39, 0.29) is 17.8 Å². The van der Waals surface area contributed by atoms with Gasteiger partial charge in [0, 0.05) is 11.1 Å². The highest BCUT2D eigenvalue weighted by Crippen LogP contribution is 2.23. The van der Waals surface area contributed by atoms with E-state index in [9.17, 15) is 14.4 Å². The second kappa shape index (κ2) is 4.70. The number of benzene rings is 1. The highest BCUT2D eigenvalue weighted by molar-refractivity contribution is 6.16. The Balaban J connectivity index is 2.26. The summed E-state index contributed by atoms with van der Waals surface area (Å²) in [6.07, 6.45) is -2.62. The van der Waals surface area contributed by atoms with E-state index in [1.807, 2.05) is 0 Å². The Morgan fingerprint density at radius 1 is 1.33 bits per heavy atom. The number of carbonyl (C=O) groups is 3. The number of aliphatic hydroxyl groups excluding tert-OH is 1. The Hall–Kier alpha value is -2.01. The van der Waals surface area contributed by atoms with Crippen molar-refractivity contribution in [2.45, 2.75) is 25.6 Å². The lowest BCUT2D eigenvalue weighted by Gasteiger charge is -2.22. The third kappa shape index (κ3) is 2.17. The van der Waals surface area contributed by atoms with E-state index in [1.54, 1.807) is 18.2 Å². The molecule has 0 radical (unpaired) electrons. The van der Waals surface area contributed by atoms with Crippen molar-refractivity contribution in [3.05, 3.63) is 35.4 Å². The summed E-state index contributed by atoms with van der Waals surface area (Å²) in [7, 11) is 0. The summed E-state index contributed by atoms with van der Waals surface area (Å²) in [6, 6.07) is 6.41. The number of fused-ring (bicyclic) bond motifs is 1. The van der Waals surface area contributed by atoms with Gasteiger partial charge in [0.05, 0.1) is 6.42 Å². The van der Waals surface area contributed by atoms with Crippen LogP contribution in [-0.2, 0) is 9.53 Å². The fourth-order valence-electron chi connectivity index (χ4n) is 1.82. The zero-order chi connectivity index (χ0) is 13.3. The van der Waals surface area contributed by atoms with Gasteiger partial charge in [-0.25, -0.2) is 4.79 Å². The van der Waals surface area contributed by atoms with Crippen LogP contribution in [0.1, 0.15) is 34.1 Å². The first kappa shape index (κ1) is 12.4. The van der Waals surface area contributed by atoms with Crippen molar-refractivity contribution in [1.82, 2.24) is 0 Å². The van der Waals surface area contributed by atoms with E-state index in [0.717, 1.165) is 0 Å². The van der Waals surface area contributed by atoms with Crippen LogP contribution in [0.25, 0.3) is 0 Å². The van der Waals surface area contributed by atoms with E-state index in [1.165, 1.54) is 13.0 Å². The molecule has 1 N–H and O–H groups in total. The summed E-state index contributed by atoms with van der Waals surface area (Å²) < 4.78 is 4.83. The smallest absolute Gasteiger partial charge is 0.335 e. The van der Waals surface area contributed by atoms with Gasteiger partial charge in [-0.3, -0.25) is 9.59 Å². The molecule has 5 heteroatoms. The van der Waals surface area contributed by atoms with Crippen molar-refractivity contribution < 1.29 is 24.2 Å². The molecule has 0 heterocycles. The van der Waals surface area contributed by atoms with Gasteiger partial charge in [0.1, 0.15) is 6.10 Å². The molecule has 0 fully saturated rings. The van der Waals surface area contributed by atoms with Crippen LogP contribution < -0.4 is 0 Å².